The highest BCUT2D eigenvalue weighted by Crippen LogP contribution is 2.36. The molecule has 0 radical (unpaired) electrons. The minimum Gasteiger partial charge on any atom is -0.331 e. The number of hydrogen-bond donors (Lipinski definition) is 5. The van der Waals surface area contributed by atoms with Gasteiger partial charge >= 0.3 is 6.03 Å². The average Bonchev–Trinajstić information content (AvgIpc) is 3.41. The molecule has 0 saturated carbocycles. The summed E-state index contributed by atoms with van der Waals surface area (Å²) in [6.45, 7) is 8.40. The van der Waals surface area contributed by atoms with Gasteiger partial charge in [0.2, 0.25) is 5.91 Å². The van der Waals surface area contributed by atoms with Gasteiger partial charge in [0.15, 0.2) is 0 Å². The summed E-state index contributed by atoms with van der Waals surface area (Å²) >= 11 is 0. The van der Waals surface area contributed by atoms with E-state index in [1.165, 1.54) is 6.08 Å². The number of urea groups is 1. The average molecular weight is 518 g/mol. The van der Waals surface area contributed by atoms with Crippen LogP contribution >= 0.6 is 0 Å². The number of hydrogen-bond acceptors (Lipinski definition) is 6. The van der Waals surface area contributed by atoms with Crippen LogP contribution in [0, 0.1) is 0 Å². The van der Waals surface area contributed by atoms with E-state index in [-0.39, 0.29) is 23.9 Å². The van der Waals surface area contributed by atoms with Crippen molar-refractivity contribution in [3.8, 4) is 0 Å². The SMILES string of the molecule is C=CC(=O)Nc1ccc(C(=O)NC2NNC3=C2CN(C(=O)N[C@H](CN(C)C)c2ccccc2)C3(C)C)cc1. The Morgan fingerprint density at radius 3 is 2.45 bits per heavy atom. The van der Waals surface area contributed by atoms with E-state index in [1.54, 1.807) is 29.2 Å². The molecule has 2 atom stereocenters. The molecule has 1 unspecified atom stereocenters. The van der Waals surface area contributed by atoms with Crippen LogP contribution in [0.3, 0.4) is 0 Å². The van der Waals surface area contributed by atoms with Gasteiger partial charge in [-0.2, -0.15) is 0 Å². The van der Waals surface area contributed by atoms with Crippen LogP contribution in [0.5, 0.6) is 0 Å². The van der Waals surface area contributed by atoms with Gasteiger partial charge in [-0.05, 0) is 63.8 Å². The van der Waals surface area contributed by atoms with E-state index < -0.39 is 11.7 Å². The van der Waals surface area contributed by atoms with Crippen molar-refractivity contribution in [2.24, 2.45) is 0 Å². The van der Waals surface area contributed by atoms with E-state index in [2.05, 4.69) is 33.4 Å². The Labute approximate surface area is 223 Å². The summed E-state index contributed by atoms with van der Waals surface area (Å²) in [5.74, 6) is -0.604. The first-order valence-corrected chi connectivity index (χ1v) is 12.5. The molecular weight excluding hydrogens is 482 g/mol. The molecule has 2 aliphatic rings. The molecule has 0 saturated heterocycles. The monoisotopic (exact) mass is 517 g/mol. The number of nitrogens with zero attached hydrogens (tertiary/aromatic N) is 2. The van der Waals surface area contributed by atoms with E-state index >= 15 is 0 Å². The third-order valence-electron chi connectivity index (χ3n) is 6.79. The molecule has 0 aliphatic carbocycles. The van der Waals surface area contributed by atoms with Crippen LogP contribution in [-0.4, -0.2) is 66.5 Å². The molecule has 10 heteroatoms. The molecule has 38 heavy (non-hydrogen) atoms. The molecule has 2 heterocycles. The van der Waals surface area contributed by atoms with E-state index in [4.69, 9.17) is 0 Å². The zero-order valence-corrected chi connectivity index (χ0v) is 22.2. The van der Waals surface area contributed by atoms with Crippen LogP contribution < -0.4 is 26.8 Å². The fraction of sp³-hybridized carbons (Fsp3) is 0.321. The lowest BCUT2D eigenvalue weighted by atomic mass is 10.0. The highest BCUT2D eigenvalue weighted by atomic mass is 16.2. The molecule has 4 rings (SSSR count). The largest absolute Gasteiger partial charge is 0.331 e. The van der Waals surface area contributed by atoms with Gasteiger partial charge in [-0.3, -0.25) is 9.59 Å². The number of carbonyl (C=O) groups is 3. The summed E-state index contributed by atoms with van der Waals surface area (Å²) in [6, 6.07) is 16.1. The number of carbonyl (C=O) groups excluding carboxylic acids is 3. The minimum absolute atomic E-state index is 0.175. The summed E-state index contributed by atoms with van der Waals surface area (Å²) in [4.78, 5) is 41.8. The van der Waals surface area contributed by atoms with Gasteiger partial charge in [0.25, 0.3) is 5.91 Å². The van der Waals surface area contributed by atoms with Crippen LogP contribution in [0.25, 0.3) is 0 Å². The van der Waals surface area contributed by atoms with Crippen LogP contribution in [0.2, 0.25) is 0 Å². The van der Waals surface area contributed by atoms with Crippen molar-refractivity contribution in [3.63, 3.8) is 0 Å². The summed E-state index contributed by atoms with van der Waals surface area (Å²) in [6.07, 6.45) is 0.697. The quantitative estimate of drug-likeness (QED) is 0.343. The summed E-state index contributed by atoms with van der Waals surface area (Å²) in [5.41, 5.74) is 9.50. The highest BCUT2D eigenvalue weighted by Gasteiger charge is 2.48. The van der Waals surface area contributed by atoms with Crippen LogP contribution in [0.15, 0.2) is 78.5 Å². The third-order valence-corrected chi connectivity index (χ3v) is 6.79. The van der Waals surface area contributed by atoms with Crippen LogP contribution in [0.1, 0.15) is 35.8 Å². The molecule has 4 amide bonds. The molecule has 2 aromatic carbocycles. The molecule has 200 valence electrons. The maximum atomic E-state index is 13.5. The Morgan fingerprint density at radius 2 is 1.82 bits per heavy atom. The Kier molecular flexibility index (Phi) is 7.84. The maximum Gasteiger partial charge on any atom is 0.318 e. The Balaban J connectivity index is 1.43. The topological polar surface area (TPSA) is 118 Å². The molecule has 0 aromatic heterocycles. The first-order valence-electron chi connectivity index (χ1n) is 12.5. The van der Waals surface area contributed by atoms with E-state index in [0.717, 1.165) is 16.8 Å². The molecule has 0 bridgehead atoms. The fourth-order valence-electron chi connectivity index (χ4n) is 4.75. The van der Waals surface area contributed by atoms with Gasteiger partial charge in [0.1, 0.15) is 6.17 Å². The minimum atomic E-state index is -0.615. The molecule has 10 nitrogen and oxygen atoms in total. The van der Waals surface area contributed by atoms with Crippen molar-refractivity contribution < 1.29 is 14.4 Å². The summed E-state index contributed by atoms with van der Waals surface area (Å²) in [5, 5.41) is 8.85. The second-order valence-corrected chi connectivity index (χ2v) is 10.2. The fourth-order valence-corrected chi connectivity index (χ4v) is 4.75. The van der Waals surface area contributed by atoms with Gasteiger partial charge < -0.3 is 31.2 Å². The molecule has 5 N–H and O–H groups in total. The zero-order valence-electron chi connectivity index (χ0n) is 22.2. The zero-order chi connectivity index (χ0) is 27.4. The van der Waals surface area contributed by atoms with E-state index in [9.17, 15) is 14.4 Å². The standard InChI is InChI=1S/C28H35N7O3/c1-6-23(36)29-20-14-12-19(13-15-20)26(37)31-25-21-16-35(28(2,3)24(21)32-33-25)27(38)30-22(17-34(4)5)18-10-8-7-9-11-18/h6-15,22,25,32-33H,1,16-17H2,2-5H3,(H,29,36)(H,30,38)(H,31,37)/t22-,25?/m1/s1. The van der Waals surface area contributed by atoms with Gasteiger partial charge in [-0.15, -0.1) is 0 Å². The lowest BCUT2D eigenvalue weighted by molar-refractivity contribution is -0.111. The Bertz CT molecular complexity index is 1240. The number of rotatable bonds is 8. The number of benzene rings is 2. The van der Waals surface area contributed by atoms with Crippen molar-refractivity contribution in [2.45, 2.75) is 31.6 Å². The van der Waals surface area contributed by atoms with Crippen molar-refractivity contribution >= 4 is 23.5 Å². The molecule has 0 spiro atoms. The van der Waals surface area contributed by atoms with Crippen LogP contribution in [0.4, 0.5) is 10.5 Å². The molecule has 0 fully saturated rings. The van der Waals surface area contributed by atoms with Crippen molar-refractivity contribution in [1.29, 1.82) is 0 Å². The van der Waals surface area contributed by atoms with Gasteiger partial charge in [0, 0.05) is 29.9 Å². The first-order chi connectivity index (χ1) is 18.1. The molecule has 2 aromatic rings. The number of amides is 4. The number of anilines is 1. The molecule has 2 aliphatic heterocycles. The Morgan fingerprint density at radius 1 is 1.13 bits per heavy atom. The van der Waals surface area contributed by atoms with Gasteiger partial charge in [-0.25, -0.2) is 10.2 Å². The second kappa shape index (κ2) is 11.1. The first kappa shape index (κ1) is 26.9. The highest BCUT2D eigenvalue weighted by molar-refractivity contribution is 5.99. The van der Waals surface area contributed by atoms with Crippen molar-refractivity contribution in [2.75, 3.05) is 32.5 Å². The Hall–Kier alpha value is -4.15. The third kappa shape index (κ3) is 5.71. The molecular formula is C28H35N7O3. The summed E-state index contributed by atoms with van der Waals surface area (Å²) in [7, 11) is 3.96. The lowest BCUT2D eigenvalue weighted by Gasteiger charge is -2.36. The van der Waals surface area contributed by atoms with Gasteiger partial charge in [0.05, 0.1) is 17.3 Å². The van der Waals surface area contributed by atoms with E-state index in [1.807, 2.05) is 63.2 Å². The smallest absolute Gasteiger partial charge is 0.318 e. The maximum absolute atomic E-state index is 13.5. The van der Waals surface area contributed by atoms with Gasteiger partial charge in [-0.1, -0.05) is 36.9 Å². The lowest BCUT2D eigenvalue weighted by Crippen LogP contribution is -2.56. The van der Waals surface area contributed by atoms with Crippen molar-refractivity contribution in [1.82, 2.24) is 31.3 Å². The number of likely N-dealkylation sites (N-methyl/N-ethyl adjacent to an activating group) is 1. The normalized spacial score (nSPS) is 18.4. The summed E-state index contributed by atoms with van der Waals surface area (Å²) < 4.78 is 0. The second-order valence-electron chi connectivity index (χ2n) is 10.2. The predicted octanol–water partition coefficient (Wildman–Crippen LogP) is 2.34. The van der Waals surface area contributed by atoms with Crippen molar-refractivity contribution in [3.05, 3.63) is 89.6 Å². The predicted molar refractivity (Wildman–Crippen MR) is 147 cm³/mol. The van der Waals surface area contributed by atoms with E-state index in [0.29, 0.717) is 24.3 Å². The number of hydrazine groups is 1. The number of nitrogens with one attached hydrogen (secondary N) is 5. The van der Waals surface area contributed by atoms with Crippen LogP contribution in [-0.2, 0) is 4.79 Å².